The number of thiazole rings is 1. The minimum atomic E-state index is -0.165. The van der Waals surface area contributed by atoms with Crippen LogP contribution >= 0.6 is 11.3 Å². The van der Waals surface area contributed by atoms with Crippen LogP contribution in [0.5, 0.6) is 0 Å². The molecule has 0 atom stereocenters. The third-order valence-corrected chi connectivity index (χ3v) is 5.33. The second-order valence-corrected chi connectivity index (χ2v) is 7.23. The van der Waals surface area contributed by atoms with Gasteiger partial charge in [0, 0.05) is 62.2 Å². The lowest BCUT2D eigenvalue weighted by molar-refractivity contribution is 0.0962. The molecule has 1 aliphatic rings. The minimum Gasteiger partial charge on any atom is -0.378 e. The highest BCUT2D eigenvalue weighted by Gasteiger charge is 2.13. The molecule has 0 bridgehead atoms. The number of anilines is 3. The Labute approximate surface area is 166 Å². The summed E-state index contributed by atoms with van der Waals surface area (Å²) in [5.41, 5.74) is 2.48. The van der Waals surface area contributed by atoms with Gasteiger partial charge in [0.15, 0.2) is 5.13 Å². The molecule has 0 radical (unpaired) electrons. The van der Waals surface area contributed by atoms with Crippen molar-refractivity contribution in [2.75, 3.05) is 43.6 Å². The second-order valence-electron chi connectivity index (χ2n) is 6.19. The van der Waals surface area contributed by atoms with E-state index in [-0.39, 0.29) is 5.91 Å². The number of nitrogens with one attached hydrogen (secondary N) is 2. The lowest BCUT2D eigenvalue weighted by atomic mass is 10.2. The number of pyridine rings is 2. The Morgan fingerprint density at radius 3 is 2.86 bits per heavy atom. The fraction of sp³-hybridized carbons (Fsp3) is 0.263. The highest BCUT2D eigenvalue weighted by molar-refractivity contribution is 7.18. The molecule has 144 valence electrons. The fourth-order valence-corrected chi connectivity index (χ4v) is 3.73. The summed E-state index contributed by atoms with van der Waals surface area (Å²) in [6.07, 6.45) is 6.83. The third kappa shape index (κ3) is 4.10. The third-order valence-electron chi connectivity index (χ3n) is 4.37. The van der Waals surface area contributed by atoms with Gasteiger partial charge in [0.1, 0.15) is 5.82 Å². The molecule has 1 aliphatic heterocycles. The van der Waals surface area contributed by atoms with E-state index in [1.54, 1.807) is 37.9 Å². The largest absolute Gasteiger partial charge is 0.378 e. The average Bonchev–Trinajstić information content (AvgIpc) is 3.22. The van der Waals surface area contributed by atoms with E-state index in [1.165, 1.54) is 11.3 Å². The molecule has 1 saturated heterocycles. The van der Waals surface area contributed by atoms with Gasteiger partial charge in [-0.1, -0.05) is 11.3 Å². The lowest BCUT2D eigenvalue weighted by Crippen LogP contribution is -2.36. The van der Waals surface area contributed by atoms with E-state index in [4.69, 9.17) is 4.74 Å². The van der Waals surface area contributed by atoms with Gasteiger partial charge in [-0.15, -0.1) is 0 Å². The Hall–Kier alpha value is -3.04. The van der Waals surface area contributed by atoms with Gasteiger partial charge in [0.2, 0.25) is 0 Å². The number of hydrogen-bond donors (Lipinski definition) is 2. The molecule has 4 heterocycles. The number of carbonyl (C=O) groups is 1. The van der Waals surface area contributed by atoms with Gasteiger partial charge in [0.05, 0.1) is 23.7 Å². The normalized spacial score (nSPS) is 14.0. The Kier molecular flexibility index (Phi) is 5.45. The monoisotopic (exact) mass is 396 g/mol. The molecule has 2 N–H and O–H groups in total. The Morgan fingerprint density at radius 2 is 2.04 bits per heavy atom. The molecule has 4 rings (SSSR count). The van der Waals surface area contributed by atoms with Crippen molar-refractivity contribution in [3.8, 4) is 10.4 Å². The van der Waals surface area contributed by atoms with E-state index >= 15 is 0 Å². The summed E-state index contributed by atoms with van der Waals surface area (Å²) in [6.45, 7) is 3.23. The predicted octanol–water partition coefficient (Wildman–Crippen LogP) is 2.54. The van der Waals surface area contributed by atoms with Gasteiger partial charge in [-0.2, -0.15) is 0 Å². The van der Waals surface area contributed by atoms with E-state index < -0.39 is 0 Å². The van der Waals surface area contributed by atoms with Crippen LogP contribution in [0, 0.1) is 0 Å². The van der Waals surface area contributed by atoms with Crippen LogP contribution in [0.25, 0.3) is 10.4 Å². The fourth-order valence-electron chi connectivity index (χ4n) is 2.92. The molecule has 8 nitrogen and oxygen atoms in total. The summed E-state index contributed by atoms with van der Waals surface area (Å²) in [6, 6.07) is 5.82. The molecule has 0 aromatic carbocycles. The van der Waals surface area contributed by atoms with Crippen LogP contribution in [0.15, 0.2) is 43.0 Å². The molecule has 9 heteroatoms. The van der Waals surface area contributed by atoms with Crippen LogP contribution in [0.1, 0.15) is 10.4 Å². The average molecular weight is 396 g/mol. The molecular weight excluding hydrogens is 376 g/mol. The maximum Gasteiger partial charge on any atom is 0.252 e. The maximum atomic E-state index is 11.8. The van der Waals surface area contributed by atoms with Crippen LogP contribution in [0.2, 0.25) is 0 Å². The smallest absolute Gasteiger partial charge is 0.252 e. The molecule has 3 aromatic heterocycles. The topological polar surface area (TPSA) is 92.3 Å². The summed E-state index contributed by atoms with van der Waals surface area (Å²) >= 11 is 1.48. The van der Waals surface area contributed by atoms with Crippen molar-refractivity contribution in [2.45, 2.75) is 0 Å². The Balaban J connectivity index is 1.50. The molecular formula is C19H20N6O2S. The molecule has 28 heavy (non-hydrogen) atoms. The number of aromatic nitrogens is 3. The molecule has 1 fully saturated rings. The van der Waals surface area contributed by atoms with E-state index in [2.05, 4.69) is 30.5 Å². The molecule has 3 aromatic rings. The summed E-state index contributed by atoms with van der Waals surface area (Å²) in [7, 11) is 1.60. The van der Waals surface area contributed by atoms with Crippen LogP contribution in [0.4, 0.5) is 16.6 Å². The number of hydrogen-bond acceptors (Lipinski definition) is 8. The van der Waals surface area contributed by atoms with Gasteiger partial charge in [0.25, 0.3) is 5.91 Å². The molecule has 0 spiro atoms. The van der Waals surface area contributed by atoms with Crippen molar-refractivity contribution in [3.63, 3.8) is 0 Å². The van der Waals surface area contributed by atoms with Gasteiger partial charge in [-0.25, -0.2) is 9.97 Å². The van der Waals surface area contributed by atoms with E-state index in [9.17, 15) is 4.79 Å². The van der Waals surface area contributed by atoms with Crippen molar-refractivity contribution in [1.29, 1.82) is 0 Å². The quantitative estimate of drug-likeness (QED) is 0.685. The zero-order valence-corrected chi connectivity index (χ0v) is 16.2. The lowest BCUT2D eigenvalue weighted by Gasteiger charge is -2.28. The number of ether oxygens (including phenoxy) is 1. The number of morpholine rings is 1. The van der Waals surface area contributed by atoms with Crippen molar-refractivity contribution in [1.82, 2.24) is 20.3 Å². The van der Waals surface area contributed by atoms with Crippen molar-refractivity contribution >= 4 is 33.9 Å². The van der Waals surface area contributed by atoms with Gasteiger partial charge < -0.3 is 20.3 Å². The summed E-state index contributed by atoms with van der Waals surface area (Å²) in [4.78, 5) is 28.0. The van der Waals surface area contributed by atoms with Crippen LogP contribution in [-0.4, -0.2) is 54.2 Å². The summed E-state index contributed by atoms with van der Waals surface area (Å²) in [5.74, 6) is 0.573. The number of nitrogens with zero attached hydrogens (tertiary/aromatic N) is 4. The summed E-state index contributed by atoms with van der Waals surface area (Å²) < 4.78 is 5.41. The standard InChI is InChI=1S/C19H20N6O2S/c1-20-18(26)14-8-13(10-21-11-14)16-12-23-19(28-16)24-17-9-15(2-3-22-17)25-4-6-27-7-5-25/h2-3,8-12H,4-7H2,1H3,(H,20,26)(H,22,23,24). The minimum absolute atomic E-state index is 0.165. The van der Waals surface area contributed by atoms with E-state index in [1.807, 2.05) is 12.1 Å². The van der Waals surface area contributed by atoms with E-state index in [0.29, 0.717) is 5.56 Å². The van der Waals surface area contributed by atoms with Crippen LogP contribution in [0.3, 0.4) is 0 Å². The highest BCUT2D eigenvalue weighted by atomic mass is 32.1. The maximum absolute atomic E-state index is 11.8. The predicted molar refractivity (Wildman–Crippen MR) is 109 cm³/mol. The number of carbonyl (C=O) groups excluding carboxylic acids is 1. The second kappa shape index (κ2) is 8.32. The molecule has 1 amide bonds. The number of amides is 1. The van der Waals surface area contributed by atoms with Gasteiger partial charge in [-0.3, -0.25) is 9.78 Å². The SMILES string of the molecule is CNC(=O)c1cncc(-c2cnc(Nc3cc(N4CCOCC4)ccn3)s2)c1. The van der Waals surface area contributed by atoms with Crippen molar-refractivity contribution in [3.05, 3.63) is 48.5 Å². The zero-order chi connectivity index (χ0) is 19.3. The zero-order valence-electron chi connectivity index (χ0n) is 15.4. The van der Waals surface area contributed by atoms with Gasteiger partial charge in [-0.05, 0) is 12.1 Å². The summed E-state index contributed by atoms with van der Waals surface area (Å²) in [5, 5.41) is 6.60. The van der Waals surface area contributed by atoms with Gasteiger partial charge >= 0.3 is 0 Å². The molecule has 0 aliphatic carbocycles. The first-order valence-electron chi connectivity index (χ1n) is 8.92. The van der Waals surface area contributed by atoms with E-state index in [0.717, 1.165) is 53.4 Å². The first-order chi connectivity index (χ1) is 13.7. The first-order valence-corrected chi connectivity index (χ1v) is 9.74. The molecule has 0 unspecified atom stereocenters. The Morgan fingerprint density at radius 1 is 1.18 bits per heavy atom. The number of rotatable bonds is 5. The van der Waals surface area contributed by atoms with Crippen LogP contribution in [-0.2, 0) is 4.74 Å². The van der Waals surface area contributed by atoms with Crippen molar-refractivity contribution in [2.24, 2.45) is 0 Å². The first kappa shape index (κ1) is 18.3. The molecule has 0 saturated carbocycles. The Bertz CT molecular complexity index is 970. The van der Waals surface area contributed by atoms with Crippen molar-refractivity contribution < 1.29 is 9.53 Å². The highest BCUT2D eigenvalue weighted by Crippen LogP contribution is 2.31. The van der Waals surface area contributed by atoms with Crippen LogP contribution < -0.4 is 15.5 Å².